The second kappa shape index (κ2) is 7.27. The van der Waals surface area contributed by atoms with Crippen LogP contribution in [0.25, 0.3) is 16.6 Å². The largest absolute Gasteiger partial charge is 0.496 e. The van der Waals surface area contributed by atoms with E-state index < -0.39 is 12.0 Å². The van der Waals surface area contributed by atoms with Crippen molar-refractivity contribution in [3.8, 4) is 17.5 Å². The molecule has 156 valence electrons. The van der Waals surface area contributed by atoms with E-state index in [1.54, 1.807) is 17.7 Å². The van der Waals surface area contributed by atoms with Crippen LogP contribution in [0.4, 0.5) is 10.2 Å². The maximum atomic E-state index is 14.8. The zero-order chi connectivity index (χ0) is 21.7. The first-order valence-electron chi connectivity index (χ1n) is 9.88. The van der Waals surface area contributed by atoms with Crippen molar-refractivity contribution in [1.29, 1.82) is 5.26 Å². The molecular formula is C22H24FN5O2. The third-order valence-electron chi connectivity index (χ3n) is 5.83. The monoisotopic (exact) mass is 409 g/mol. The van der Waals surface area contributed by atoms with E-state index in [1.165, 1.54) is 13.2 Å². The SMILES string of the molecule is CCc1c(OC)cc(F)c(C)c1-n1c(N)c(C(N)O)c2cnc(C3CC3)c(C#N)c21. The number of aliphatic hydroxyl groups is 1. The van der Waals surface area contributed by atoms with Crippen LogP contribution in [-0.4, -0.2) is 21.8 Å². The number of hydrogen-bond donors (Lipinski definition) is 3. The Bertz CT molecular complexity index is 1210. The molecule has 1 aromatic carbocycles. The fraction of sp³-hybridized carbons (Fsp3) is 0.364. The minimum absolute atomic E-state index is 0.150. The lowest BCUT2D eigenvalue weighted by molar-refractivity contribution is 0.188. The molecule has 1 saturated carbocycles. The van der Waals surface area contributed by atoms with E-state index in [0.29, 0.717) is 45.6 Å². The number of halogens is 1. The number of pyridine rings is 1. The highest BCUT2D eigenvalue weighted by molar-refractivity contribution is 5.96. The quantitative estimate of drug-likeness (QED) is 0.556. The van der Waals surface area contributed by atoms with Gasteiger partial charge in [-0.05, 0) is 26.2 Å². The molecule has 0 bridgehead atoms. The lowest BCUT2D eigenvalue weighted by atomic mass is 10.0. The predicted molar refractivity (Wildman–Crippen MR) is 112 cm³/mol. The predicted octanol–water partition coefficient (Wildman–Crippen LogP) is 3.32. The summed E-state index contributed by atoms with van der Waals surface area (Å²) in [6.45, 7) is 3.59. The number of ether oxygens (including phenoxy) is 1. The van der Waals surface area contributed by atoms with Gasteiger partial charge < -0.3 is 21.3 Å². The summed E-state index contributed by atoms with van der Waals surface area (Å²) >= 11 is 0. The van der Waals surface area contributed by atoms with Gasteiger partial charge in [-0.1, -0.05) is 6.92 Å². The normalized spacial score (nSPS) is 14.7. The number of nitrogens with zero attached hydrogens (tertiary/aromatic N) is 3. The van der Waals surface area contributed by atoms with Crippen molar-refractivity contribution in [2.24, 2.45) is 5.73 Å². The van der Waals surface area contributed by atoms with Crippen molar-refractivity contribution < 1.29 is 14.2 Å². The van der Waals surface area contributed by atoms with Gasteiger partial charge in [0, 0.05) is 40.3 Å². The molecule has 30 heavy (non-hydrogen) atoms. The van der Waals surface area contributed by atoms with Gasteiger partial charge in [-0.15, -0.1) is 0 Å². The van der Waals surface area contributed by atoms with E-state index in [4.69, 9.17) is 16.2 Å². The number of hydrogen-bond acceptors (Lipinski definition) is 6. The molecule has 4 rings (SSSR count). The number of anilines is 1. The maximum Gasteiger partial charge on any atom is 0.132 e. The van der Waals surface area contributed by atoms with Gasteiger partial charge in [0.25, 0.3) is 0 Å². The van der Waals surface area contributed by atoms with Crippen LogP contribution in [-0.2, 0) is 6.42 Å². The van der Waals surface area contributed by atoms with E-state index in [-0.39, 0.29) is 17.3 Å². The van der Waals surface area contributed by atoms with Gasteiger partial charge in [-0.25, -0.2) is 4.39 Å². The average molecular weight is 409 g/mol. The Morgan fingerprint density at radius 2 is 2.17 bits per heavy atom. The first kappa shape index (κ1) is 20.1. The van der Waals surface area contributed by atoms with Gasteiger partial charge in [-0.2, -0.15) is 5.26 Å². The van der Waals surface area contributed by atoms with E-state index >= 15 is 0 Å². The highest BCUT2D eigenvalue weighted by Gasteiger charge is 2.33. The lowest BCUT2D eigenvalue weighted by Gasteiger charge is -2.20. The molecule has 7 nitrogen and oxygen atoms in total. The Morgan fingerprint density at radius 3 is 2.70 bits per heavy atom. The lowest BCUT2D eigenvalue weighted by Crippen LogP contribution is -2.13. The van der Waals surface area contributed by atoms with Gasteiger partial charge in [0.15, 0.2) is 0 Å². The summed E-state index contributed by atoms with van der Waals surface area (Å²) in [5.41, 5.74) is 15.7. The third kappa shape index (κ3) is 2.82. The number of nitriles is 1. The molecule has 5 N–H and O–H groups in total. The van der Waals surface area contributed by atoms with Crippen LogP contribution < -0.4 is 16.2 Å². The van der Waals surface area contributed by atoms with Gasteiger partial charge in [0.05, 0.1) is 29.6 Å². The number of methoxy groups -OCH3 is 1. The Morgan fingerprint density at radius 1 is 1.47 bits per heavy atom. The number of aliphatic hydroxyl groups excluding tert-OH is 1. The molecule has 2 heterocycles. The number of aromatic nitrogens is 2. The number of benzene rings is 1. The summed E-state index contributed by atoms with van der Waals surface area (Å²) in [7, 11) is 1.48. The number of fused-ring (bicyclic) bond motifs is 1. The van der Waals surface area contributed by atoms with Crippen molar-refractivity contribution in [2.45, 2.75) is 45.3 Å². The summed E-state index contributed by atoms with van der Waals surface area (Å²) in [6, 6.07) is 3.61. The van der Waals surface area contributed by atoms with Gasteiger partial charge in [0.1, 0.15) is 29.7 Å². The van der Waals surface area contributed by atoms with Crippen LogP contribution in [0.2, 0.25) is 0 Å². The molecule has 0 amide bonds. The molecule has 0 aliphatic heterocycles. The molecule has 1 aliphatic carbocycles. The van der Waals surface area contributed by atoms with Crippen LogP contribution >= 0.6 is 0 Å². The summed E-state index contributed by atoms with van der Waals surface area (Å²) in [4.78, 5) is 4.49. The summed E-state index contributed by atoms with van der Waals surface area (Å²) in [5.74, 6) is 0.303. The van der Waals surface area contributed by atoms with Crippen molar-refractivity contribution in [3.63, 3.8) is 0 Å². The van der Waals surface area contributed by atoms with Crippen LogP contribution in [0.3, 0.4) is 0 Å². The Hall–Kier alpha value is -3.15. The van der Waals surface area contributed by atoms with Gasteiger partial charge in [-0.3, -0.25) is 9.55 Å². The van der Waals surface area contributed by atoms with Crippen molar-refractivity contribution >= 4 is 16.7 Å². The average Bonchev–Trinajstić information content (AvgIpc) is 3.52. The van der Waals surface area contributed by atoms with Crippen molar-refractivity contribution in [3.05, 3.63) is 46.0 Å². The highest BCUT2D eigenvalue weighted by atomic mass is 19.1. The first-order chi connectivity index (χ1) is 14.3. The zero-order valence-corrected chi connectivity index (χ0v) is 17.2. The Labute approximate surface area is 173 Å². The van der Waals surface area contributed by atoms with Crippen LogP contribution in [0, 0.1) is 24.1 Å². The molecular weight excluding hydrogens is 385 g/mol. The topological polar surface area (TPSA) is 123 Å². The number of rotatable bonds is 5. The molecule has 8 heteroatoms. The molecule has 3 aromatic rings. The van der Waals surface area contributed by atoms with Crippen molar-refractivity contribution in [2.75, 3.05) is 12.8 Å². The molecule has 1 atom stereocenters. The van der Waals surface area contributed by atoms with Crippen molar-refractivity contribution in [1.82, 2.24) is 9.55 Å². The van der Waals surface area contributed by atoms with Crippen LogP contribution in [0.5, 0.6) is 5.75 Å². The van der Waals surface area contributed by atoms with E-state index in [1.807, 2.05) is 6.92 Å². The molecule has 1 aliphatic rings. The summed E-state index contributed by atoms with van der Waals surface area (Å²) in [5, 5.41) is 20.7. The maximum absolute atomic E-state index is 14.8. The summed E-state index contributed by atoms with van der Waals surface area (Å²) < 4.78 is 21.9. The van der Waals surface area contributed by atoms with E-state index in [9.17, 15) is 14.8 Å². The fourth-order valence-electron chi connectivity index (χ4n) is 4.24. The minimum atomic E-state index is -1.38. The second-order valence-electron chi connectivity index (χ2n) is 7.61. The Balaban J connectivity index is 2.23. The zero-order valence-electron chi connectivity index (χ0n) is 17.2. The Kier molecular flexibility index (Phi) is 4.88. The molecule has 1 unspecified atom stereocenters. The molecule has 2 aromatic heterocycles. The van der Waals surface area contributed by atoms with Gasteiger partial charge in [0.2, 0.25) is 0 Å². The van der Waals surface area contributed by atoms with Crippen LogP contribution in [0.1, 0.15) is 59.9 Å². The number of nitrogen functional groups attached to an aromatic ring is 1. The second-order valence-corrected chi connectivity index (χ2v) is 7.61. The highest BCUT2D eigenvalue weighted by Crippen LogP contribution is 2.45. The van der Waals surface area contributed by atoms with Crippen LogP contribution in [0.15, 0.2) is 12.3 Å². The molecule has 1 fully saturated rings. The summed E-state index contributed by atoms with van der Waals surface area (Å²) in [6.07, 6.45) is 2.68. The molecule has 0 saturated heterocycles. The fourth-order valence-corrected chi connectivity index (χ4v) is 4.24. The number of nitrogens with two attached hydrogens (primary N) is 2. The smallest absolute Gasteiger partial charge is 0.132 e. The van der Waals surface area contributed by atoms with Gasteiger partial charge >= 0.3 is 0 Å². The minimum Gasteiger partial charge on any atom is -0.496 e. The first-order valence-corrected chi connectivity index (χ1v) is 9.88. The molecule has 0 spiro atoms. The standard InChI is InChI=1S/C22H24FN5O2/c1-4-12-16(30-3)7-15(23)10(2)19(12)28-20-13(8-24)18(11-5-6-11)27-9-14(20)17(21(28)25)22(26)29/h7,9,11,22,29H,4-6,25-26H2,1-3H3. The van der Waals surface area contributed by atoms with E-state index in [2.05, 4.69) is 11.1 Å². The third-order valence-corrected chi connectivity index (χ3v) is 5.83. The molecule has 0 radical (unpaired) electrons. The van der Waals surface area contributed by atoms with E-state index in [0.717, 1.165) is 18.4 Å².